The molecule has 8 heteroatoms. The first kappa shape index (κ1) is 25.5. The van der Waals surface area contributed by atoms with Crippen molar-refractivity contribution in [3.05, 3.63) is 64.0 Å². The fourth-order valence-electron chi connectivity index (χ4n) is 4.49. The second kappa shape index (κ2) is 11.9. The van der Waals surface area contributed by atoms with E-state index in [0.717, 1.165) is 40.1 Å². The molecule has 3 aromatic rings. The number of thiophene rings is 1. The number of hydrogen-bond acceptors (Lipinski definition) is 6. The number of aryl methyl sites for hydroxylation is 1. The molecular weight excluding hydrogens is 486 g/mol. The van der Waals surface area contributed by atoms with E-state index in [1.165, 1.54) is 11.8 Å². The van der Waals surface area contributed by atoms with Gasteiger partial charge >= 0.3 is 5.97 Å². The molecular formula is C27H30ClNO5S. The Bertz CT molecular complexity index is 1180. The van der Waals surface area contributed by atoms with Crippen LogP contribution < -0.4 is 4.74 Å². The van der Waals surface area contributed by atoms with Gasteiger partial charge in [-0.3, -0.25) is 4.79 Å². The highest BCUT2D eigenvalue weighted by Crippen LogP contribution is 2.36. The average molecular weight is 516 g/mol. The highest BCUT2D eigenvalue weighted by molar-refractivity contribution is 7.19. The summed E-state index contributed by atoms with van der Waals surface area (Å²) < 4.78 is 11.2. The number of benzene rings is 2. The van der Waals surface area contributed by atoms with E-state index in [4.69, 9.17) is 16.3 Å². The zero-order valence-corrected chi connectivity index (χ0v) is 21.3. The number of rotatable bonds is 11. The monoisotopic (exact) mass is 515 g/mol. The average Bonchev–Trinajstić information content (AvgIpc) is 3.39. The number of carbonyl (C=O) groups excluding carboxylic acids is 2. The van der Waals surface area contributed by atoms with Crippen molar-refractivity contribution >= 4 is 44.9 Å². The number of nitrogens with zero attached hydrogens (tertiary/aromatic N) is 1. The van der Waals surface area contributed by atoms with Crippen molar-refractivity contribution in [1.29, 1.82) is 0 Å². The predicted molar refractivity (Wildman–Crippen MR) is 138 cm³/mol. The van der Waals surface area contributed by atoms with Crippen LogP contribution in [0.5, 0.6) is 5.75 Å². The Labute approximate surface area is 214 Å². The number of methoxy groups -OCH3 is 1. The number of halogens is 1. The lowest BCUT2D eigenvalue weighted by Gasteiger charge is -2.26. The molecule has 1 aromatic heterocycles. The number of likely N-dealkylation sites (tertiary alicyclic amines) is 1. The summed E-state index contributed by atoms with van der Waals surface area (Å²) in [6.45, 7) is 0.322. The summed E-state index contributed by atoms with van der Waals surface area (Å²) in [5.74, 6) is 0.243. The van der Waals surface area contributed by atoms with Gasteiger partial charge in [0.1, 0.15) is 5.75 Å². The molecule has 1 aliphatic rings. The van der Waals surface area contributed by atoms with Crippen molar-refractivity contribution in [2.45, 2.75) is 57.2 Å². The van der Waals surface area contributed by atoms with Crippen molar-refractivity contribution in [3.8, 4) is 5.75 Å². The van der Waals surface area contributed by atoms with Gasteiger partial charge in [-0.05, 0) is 55.9 Å². The molecule has 0 saturated carbocycles. The van der Waals surface area contributed by atoms with E-state index in [2.05, 4.69) is 10.8 Å². The van der Waals surface area contributed by atoms with Crippen molar-refractivity contribution in [1.82, 2.24) is 4.90 Å². The van der Waals surface area contributed by atoms with E-state index in [1.54, 1.807) is 17.4 Å². The molecule has 2 unspecified atom stereocenters. The first-order valence-electron chi connectivity index (χ1n) is 11.9. The van der Waals surface area contributed by atoms with E-state index < -0.39 is 12.1 Å². The second-order valence-electron chi connectivity index (χ2n) is 8.83. The maximum Gasteiger partial charge on any atom is 0.343 e. The molecule has 4 rings (SSSR count). The van der Waals surface area contributed by atoms with E-state index >= 15 is 0 Å². The van der Waals surface area contributed by atoms with Crippen molar-refractivity contribution in [2.24, 2.45) is 0 Å². The molecule has 2 aromatic carbocycles. The van der Waals surface area contributed by atoms with Crippen LogP contribution in [-0.2, 0) is 27.3 Å². The lowest BCUT2D eigenvalue weighted by Crippen LogP contribution is -2.33. The predicted octanol–water partition coefficient (Wildman–Crippen LogP) is 5.37. The van der Waals surface area contributed by atoms with Gasteiger partial charge in [-0.25, -0.2) is 4.79 Å². The van der Waals surface area contributed by atoms with Crippen LogP contribution in [0.4, 0.5) is 0 Å². The number of fused-ring (bicyclic) bond motifs is 1. The van der Waals surface area contributed by atoms with Gasteiger partial charge in [0.15, 0.2) is 6.61 Å². The van der Waals surface area contributed by atoms with Gasteiger partial charge in [-0.15, -0.1) is 11.3 Å². The molecule has 1 saturated heterocycles. The Balaban J connectivity index is 1.29. The smallest absolute Gasteiger partial charge is 0.343 e. The maximum atomic E-state index is 12.6. The third-order valence-corrected chi connectivity index (χ3v) is 8.20. The number of hydrogen-bond donors (Lipinski definition) is 1. The van der Waals surface area contributed by atoms with Gasteiger partial charge < -0.3 is 19.5 Å². The van der Waals surface area contributed by atoms with E-state index in [9.17, 15) is 14.7 Å². The minimum Gasteiger partial charge on any atom is -0.482 e. The lowest BCUT2D eigenvalue weighted by atomic mass is 10.0. The fourth-order valence-corrected chi connectivity index (χ4v) is 6.04. The van der Waals surface area contributed by atoms with Gasteiger partial charge in [0.2, 0.25) is 5.91 Å². The minimum absolute atomic E-state index is 0.102. The lowest BCUT2D eigenvalue weighted by molar-refractivity contribution is -0.142. The molecule has 1 aliphatic heterocycles. The normalized spacial score (nSPS) is 16.6. The summed E-state index contributed by atoms with van der Waals surface area (Å²) >= 11 is 8.23. The molecule has 0 bridgehead atoms. The van der Waals surface area contributed by atoms with Gasteiger partial charge in [0.25, 0.3) is 0 Å². The summed E-state index contributed by atoms with van der Waals surface area (Å²) in [5, 5.41) is 12.5. The Kier molecular flexibility index (Phi) is 8.65. The molecule has 6 nitrogen and oxygen atoms in total. The molecule has 1 fully saturated rings. The molecule has 0 radical (unpaired) electrons. The molecule has 1 amide bonds. The fraction of sp³-hybridized carbons (Fsp3) is 0.407. The largest absolute Gasteiger partial charge is 0.482 e. The molecule has 1 N–H and O–H groups in total. The quantitative estimate of drug-likeness (QED) is 0.347. The summed E-state index contributed by atoms with van der Waals surface area (Å²) in [7, 11) is 1.32. The van der Waals surface area contributed by atoms with Gasteiger partial charge in [0, 0.05) is 34.0 Å². The highest BCUT2D eigenvalue weighted by Gasteiger charge is 2.31. The van der Waals surface area contributed by atoms with Crippen molar-refractivity contribution in [3.63, 3.8) is 0 Å². The van der Waals surface area contributed by atoms with Gasteiger partial charge in [-0.2, -0.15) is 0 Å². The van der Waals surface area contributed by atoms with Gasteiger partial charge in [-0.1, -0.05) is 41.9 Å². The molecule has 35 heavy (non-hydrogen) atoms. The van der Waals surface area contributed by atoms with Crippen LogP contribution >= 0.6 is 22.9 Å². The molecule has 0 aliphatic carbocycles. The van der Waals surface area contributed by atoms with E-state index in [-0.39, 0.29) is 18.6 Å². The number of carbonyl (C=O) groups is 2. The summed E-state index contributed by atoms with van der Waals surface area (Å²) in [6, 6.07) is 15.6. The zero-order chi connectivity index (χ0) is 24.8. The number of ether oxygens (including phenoxy) is 2. The number of aliphatic hydroxyl groups is 1. The van der Waals surface area contributed by atoms with Crippen LogP contribution in [0.3, 0.4) is 0 Å². The molecule has 2 atom stereocenters. The van der Waals surface area contributed by atoms with Crippen LogP contribution in [0.2, 0.25) is 5.02 Å². The number of amides is 1. The topological polar surface area (TPSA) is 76.1 Å². The maximum absolute atomic E-state index is 12.6. The summed E-state index contributed by atoms with van der Waals surface area (Å²) in [5.41, 5.74) is 0.938. The van der Waals surface area contributed by atoms with Crippen LogP contribution in [0.15, 0.2) is 48.5 Å². The molecule has 186 valence electrons. The first-order valence-corrected chi connectivity index (χ1v) is 13.1. The highest BCUT2D eigenvalue weighted by atomic mass is 35.5. The van der Waals surface area contributed by atoms with Crippen LogP contribution in [-0.4, -0.2) is 47.7 Å². The molecule has 2 heterocycles. The number of esters is 1. The Hall–Kier alpha value is -2.61. The van der Waals surface area contributed by atoms with Crippen molar-refractivity contribution in [2.75, 3.05) is 13.7 Å². The number of aliphatic hydroxyl groups excluding tert-OH is 1. The SMILES string of the molecule is COC(=O)COc1cccc(CN2C(=O)CCC2CCC(O)CCc2sc3ccccc3c2Cl)c1. The molecule has 0 spiro atoms. The minimum atomic E-state index is -0.446. The summed E-state index contributed by atoms with van der Waals surface area (Å²) in [4.78, 5) is 26.9. The van der Waals surface area contributed by atoms with E-state index in [1.807, 2.05) is 41.3 Å². The van der Waals surface area contributed by atoms with Crippen LogP contribution in [0.1, 0.15) is 42.5 Å². The van der Waals surface area contributed by atoms with Crippen LogP contribution in [0.25, 0.3) is 10.1 Å². The van der Waals surface area contributed by atoms with Crippen molar-refractivity contribution < 1.29 is 24.2 Å². The third-order valence-electron chi connectivity index (χ3n) is 6.43. The standard InChI is InChI=1S/C27H30ClNO5S/c1-33-26(32)17-34-21-6-4-5-18(15-21)16-29-19(10-14-25(29)31)9-11-20(30)12-13-24-27(28)22-7-2-3-8-23(22)35-24/h2-8,15,19-20,30H,9-14,16-17H2,1H3. The first-order chi connectivity index (χ1) is 16.9. The van der Waals surface area contributed by atoms with Crippen LogP contribution in [0, 0.1) is 0 Å². The zero-order valence-electron chi connectivity index (χ0n) is 19.7. The van der Waals surface area contributed by atoms with E-state index in [0.29, 0.717) is 31.6 Å². The summed E-state index contributed by atoms with van der Waals surface area (Å²) in [6.07, 6.45) is 3.66. The Morgan fingerprint density at radius 2 is 2.06 bits per heavy atom. The third kappa shape index (κ3) is 6.54. The Morgan fingerprint density at radius 3 is 2.86 bits per heavy atom. The second-order valence-corrected chi connectivity index (χ2v) is 10.3. The Morgan fingerprint density at radius 1 is 1.23 bits per heavy atom. The van der Waals surface area contributed by atoms with Gasteiger partial charge in [0.05, 0.1) is 18.2 Å².